The van der Waals surface area contributed by atoms with Crippen LogP contribution in [0, 0.1) is 17.8 Å². The van der Waals surface area contributed by atoms with Crippen molar-refractivity contribution in [2.45, 2.75) is 69.9 Å². The largest absolute Gasteiger partial charge is 0.459 e. The number of rotatable bonds is 7. The van der Waals surface area contributed by atoms with Crippen LogP contribution in [-0.2, 0) is 4.79 Å². The Balaban J connectivity index is 1.51. The number of aromatic nitrogens is 3. The van der Waals surface area contributed by atoms with E-state index in [1.165, 1.54) is 0 Å². The quantitative estimate of drug-likeness (QED) is 0.419. The lowest BCUT2D eigenvalue weighted by Crippen LogP contribution is -2.42. The SMILES string of the molecule is C#C[C@H](Oc1cc(Nc2ccccn2)nc(C(=O)C2=C(N)[C@]3(CCCCC3=O)CCC2)n1)[C@@H]1CCCN1C. The Morgan fingerprint density at radius 1 is 1.21 bits per heavy atom. The van der Waals surface area contributed by atoms with E-state index >= 15 is 0 Å². The van der Waals surface area contributed by atoms with Gasteiger partial charge < -0.3 is 15.8 Å². The molecule has 38 heavy (non-hydrogen) atoms. The van der Waals surface area contributed by atoms with Crippen molar-refractivity contribution in [3.8, 4) is 18.2 Å². The molecule has 198 valence electrons. The smallest absolute Gasteiger partial charge is 0.228 e. The molecule has 1 saturated heterocycles. The molecule has 9 heteroatoms. The maximum atomic E-state index is 13.8. The van der Waals surface area contributed by atoms with Crippen LogP contribution < -0.4 is 15.8 Å². The molecule has 9 nitrogen and oxygen atoms in total. The van der Waals surface area contributed by atoms with Crippen LogP contribution in [0.4, 0.5) is 11.6 Å². The molecule has 5 rings (SSSR count). The number of nitrogens with one attached hydrogen (secondary N) is 1. The number of ether oxygens (including phenoxy) is 1. The second kappa shape index (κ2) is 10.9. The molecule has 3 atom stereocenters. The first-order valence-corrected chi connectivity index (χ1v) is 13.4. The number of likely N-dealkylation sites (N-methyl/N-ethyl adjacent to an activating group) is 1. The molecule has 2 aliphatic carbocycles. The third kappa shape index (κ3) is 5.01. The van der Waals surface area contributed by atoms with E-state index in [1.807, 2.05) is 19.2 Å². The highest BCUT2D eigenvalue weighted by atomic mass is 16.5. The highest BCUT2D eigenvalue weighted by Crippen LogP contribution is 2.47. The van der Waals surface area contributed by atoms with E-state index < -0.39 is 11.5 Å². The second-order valence-electron chi connectivity index (χ2n) is 10.4. The van der Waals surface area contributed by atoms with Gasteiger partial charge in [0.15, 0.2) is 6.10 Å². The summed E-state index contributed by atoms with van der Waals surface area (Å²) in [4.78, 5) is 42.3. The molecule has 3 aliphatic rings. The minimum absolute atomic E-state index is 0.0465. The molecule has 2 aromatic rings. The molecule has 1 aliphatic heterocycles. The van der Waals surface area contributed by atoms with Crippen LogP contribution >= 0.6 is 0 Å². The van der Waals surface area contributed by atoms with Crippen LogP contribution in [0.1, 0.15) is 68.4 Å². The van der Waals surface area contributed by atoms with E-state index in [9.17, 15) is 9.59 Å². The summed E-state index contributed by atoms with van der Waals surface area (Å²) in [5.74, 6) is 3.56. The van der Waals surface area contributed by atoms with Gasteiger partial charge in [-0.2, -0.15) is 4.98 Å². The maximum absolute atomic E-state index is 13.8. The Bertz CT molecular complexity index is 1290. The van der Waals surface area contributed by atoms with Crippen molar-refractivity contribution >= 4 is 23.2 Å². The van der Waals surface area contributed by atoms with Crippen molar-refractivity contribution in [1.29, 1.82) is 0 Å². The number of nitrogens with zero attached hydrogens (tertiary/aromatic N) is 4. The molecule has 0 radical (unpaired) electrons. The van der Waals surface area contributed by atoms with Gasteiger partial charge in [0.1, 0.15) is 17.4 Å². The number of pyridine rings is 1. The fraction of sp³-hybridized carbons (Fsp3) is 0.483. The number of likely N-dealkylation sites (tertiary alicyclic amines) is 1. The highest BCUT2D eigenvalue weighted by molar-refractivity contribution is 6.08. The van der Waals surface area contributed by atoms with Gasteiger partial charge in [0, 0.05) is 30.0 Å². The predicted molar refractivity (Wildman–Crippen MR) is 144 cm³/mol. The van der Waals surface area contributed by atoms with Crippen LogP contribution in [0.3, 0.4) is 0 Å². The van der Waals surface area contributed by atoms with Crippen molar-refractivity contribution in [1.82, 2.24) is 19.9 Å². The minimum atomic E-state index is -0.744. The van der Waals surface area contributed by atoms with Gasteiger partial charge in [0.2, 0.25) is 17.5 Å². The number of allylic oxidation sites excluding steroid dienone is 2. The molecule has 1 spiro atoms. The van der Waals surface area contributed by atoms with Gasteiger partial charge >= 0.3 is 0 Å². The zero-order valence-electron chi connectivity index (χ0n) is 21.8. The Labute approximate surface area is 223 Å². The average molecular weight is 515 g/mol. The number of Topliss-reactive ketones (excluding diaryl/α,β-unsaturated/α-hetero) is 2. The zero-order valence-corrected chi connectivity index (χ0v) is 21.8. The summed E-state index contributed by atoms with van der Waals surface area (Å²) >= 11 is 0. The van der Waals surface area contributed by atoms with E-state index in [-0.39, 0.29) is 29.3 Å². The minimum Gasteiger partial charge on any atom is -0.459 e. The van der Waals surface area contributed by atoms with Crippen LogP contribution in [0.5, 0.6) is 5.88 Å². The molecule has 2 aromatic heterocycles. The molecule has 2 fully saturated rings. The molecular formula is C29H34N6O3. The summed E-state index contributed by atoms with van der Waals surface area (Å²) in [7, 11) is 2.02. The number of anilines is 2. The number of terminal acetylenes is 1. The van der Waals surface area contributed by atoms with E-state index in [2.05, 4.69) is 31.1 Å². The summed E-state index contributed by atoms with van der Waals surface area (Å²) in [5.41, 5.74) is 6.68. The van der Waals surface area contributed by atoms with Gasteiger partial charge in [-0.15, -0.1) is 6.42 Å². The van der Waals surface area contributed by atoms with Gasteiger partial charge in [0.25, 0.3) is 0 Å². The summed E-state index contributed by atoms with van der Waals surface area (Å²) in [6.07, 6.45) is 13.8. The van der Waals surface area contributed by atoms with Gasteiger partial charge in [0.05, 0.1) is 11.5 Å². The molecule has 0 amide bonds. The van der Waals surface area contributed by atoms with Crippen molar-refractivity contribution in [3.05, 3.63) is 47.6 Å². The van der Waals surface area contributed by atoms with Crippen molar-refractivity contribution in [2.75, 3.05) is 18.9 Å². The normalized spacial score (nSPS) is 24.7. The first-order chi connectivity index (χ1) is 18.4. The van der Waals surface area contributed by atoms with Gasteiger partial charge in [-0.25, -0.2) is 9.97 Å². The lowest BCUT2D eigenvalue weighted by atomic mass is 9.64. The molecule has 0 unspecified atom stereocenters. The molecule has 3 heterocycles. The van der Waals surface area contributed by atoms with Gasteiger partial charge in [-0.1, -0.05) is 18.4 Å². The fourth-order valence-electron chi connectivity index (χ4n) is 6.03. The molecule has 0 aromatic carbocycles. The van der Waals surface area contributed by atoms with Crippen molar-refractivity contribution < 1.29 is 14.3 Å². The standard InChI is InChI=1S/C29H34N6O3/c1-3-21(20-11-9-17-35(20)2)38-25-18-24(32-23-13-5-7-16-31-23)33-28(34-25)26(37)19-10-8-15-29(27(19)30)14-6-4-12-22(29)36/h1,5,7,13,16,18,20-21H,4,6,8-12,14-15,17,30H2,2H3,(H,31,32,33,34)/t20-,21-,29+/m0/s1. The average Bonchev–Trinajstić information content (AvgIpc) is 3.36. The number of ketones is 2. The zero-order chi connectivity index (χ0) is 26.7. The lowest BCUT2D eigenvalue weighted by molar-refractivity contribution is -0.129. The first kappa shape index (κ1) is 25.9. The second-order valence-corrected chi connectivity index (χ2v) is 10.4. The van der Waals surface area contributed by atoms with E-state index in [0.29, 0.717) is 48.6 Å². The Kier molecular flexibility index (Phi) is 7.43. The van der Waals surface area contributed by atoms with Crippen molar-refractivity contribution in [3.63, 3.8) is 0 Å². The Morgan fingerprint density at radius 3 is 2.76 bits per heavy atom. The number of nitrogens with two attached hydrogens (primary N) is 1. The van der Waals surface area contributed by atoms with Crippen LogP contribution in [0.25, 0.3) is 0 Å². The molecule has 3 N–H and O–H groups in total. The van der Waals surface area contributed by atoms with Crippen LogP contribution in [0.15, 0.2) is 41.7 Å². The summed E-state index contributed by atoms with van der Waals surface area (Å²) < 4.78 is 6.19. The van der Waals surface area contributed by atoms with Gasteiger partial charge in [-0.05, 0) is 70.7 Å². The number of carbonyl (C=O) groups is 2. The predicted octanol–water partition coefficient (Wildman–Crippen LogP) is 3.80. The highest BCUT2D eigenvalue weighted by Gasteiger charge is 2.46. The van der Waals surface area contributed by atoms with E-state index in [4.69, 9.17) is 16.9 Å². The van der Waals surface area contributed by atoms with E-state index in [1.54, 1.807) is 18.3 Å². The Morgan fingerprint density at radius 2 is 2.05 bits per heavy atom. The maximum Gasteiger partial charge on any atom is 0.228 e. The molecule has 0 bridgehead atoms. The number of hydrogen-bond acceptors (Lipinski definition) is 9. The van der Waals surface area contributed by atoms with Crippen molar-refractivity contribution in [2.24, 2.45) is 11.1 Å². The summed E-state index contributed by atoms with van der Waals surface area (Å²) in [6, 6.07) is 7.12. The summed E-state index contributed by atoms with van der Waals surface area (Å²) in [6.45, 7) is 0.945. The molecular weight excluding hydrogens is 480 g/mol. The Hall–Kier alpha value is -3.77. The van der Waals surface area contributed by atoms with Gasteiger partial charge in [-0.3, -0.25) is 14.5 Å². The topological polar surface area (TPSA) is 123 Å². The summed E-state index contributed by atoms with van der Waals surface area (Å²) in [5, 5.41) is 3.13. The monoisotopic (exact) mass is 514 g/mol. The third-order valence-corrected chi connectivity index (χ3v) is 8.10. The first-order valence-electron chi connectivity index (χ1n) is 13.4. The number of hydrogen-bond donors (Lipinski definition) is 2. The van der Waals surface area contributed by atoms with Crippen LogP contribution in [0.2, 0.25) is 0 Å². The third-order valence-electron chi connectivity index (χ3n) is 8.10. The van der Waals surface area contributed by atoms with Crippen LogP contribution in [-0.4, -0.2) is 57.2 Å². The number of carbonyl (C=O) groups excluding carboxylic acids is 2. The fourth-order valence-corrected chi connectivity index (χ4v) is 6.03. The molecule has 1 saturated carbocycles. The van der Waals surface area contributed by atoms with E-state index in [0.717, 1.165) is 38.6 Å². The lowest BCUT2D eigenvalue weighted by Gasteiger charge is -2.40.